The summed E-state index contributed by atoms with van der Waals surface area (Å²) in [4.78, 5) is 43.7. The highest BCUT2D eigenvalue weighted by atomic mass is 35.5. The van der Waals surface area contributed by atoms with Gasteiger partial charge < -0.3 is 20.4 Å². The lowest BCUT2D eigenvalue weighted by atomic mass is 10.1. The molecule has 0 bridgehead atoms. The molecule has 1 aliphatic heterocycles. The zero-order valence-electron chi connectivity index (χ0n) is 24.9. The minimum atomic E-state index is -0.272. The quantitative estimate of drug-likeness (QED) is 0.183. The average molecular weight is 612 g/mol. The van der Waals surface area contributed by atoms with E-state index in [1.54, 1.807) is 6.07 Å². The Morgan fingerprint density at radius 3 is 2.40 bits per heavy atom. The first-order chi connectivity index (χ1) is 20.3. The topological polar surface area (TPSA) is 103 Å². The number of anilines is 4. The molecule has 0 atom stereocenters. The smallest absolute Gasteiger partial charge is 0.267 e. The summed E-state index contributed by atoms with van der Waals surface area (Å²) in [5.74, 6) is 2.03. The average Bonchev–Trinajstić information content (AvgIpc) is 3.44. The van der Waals surface area contributed by atoms with Crippen LogP contribution in [0.5, 0.6) is 0 Å². The first-order valence-corrected chi connectivity index (χ1v) is 16.2. The van der Waals surface area contributed by atoms with Crippen molar-refractivity contribution in [2.24, 2.45) is 0 Å². The molecule has 0 saturated carbocycles. The van der Waals surface area contributed by atoms with E-state index in [0.717, 1.165) is 37.3 Å². The molecule has 3 aromatic rings. The molecule has 42 heavy (non-hydrogen) atoms. The van der Waals surface area contributed by atoms with Crippen LogP contribution in [0, 0.1) is 13.8 Å². The minimum absolute atomic E-state index is 0.259. The predicted octanol–water partition coefficient (Wildman–Crippen LogP) is 7.38. The number of aromatic nitrogens is 3. The molecular formula is C31H42ClN7O2S. The number of hydrogen-bond acceptors (Lipinski definition) is 8. The van der Waals surface area contributed by atoms with E-state index in [4.69, 9.17) is 11.6 Å². The third-order valence-electron chi connectivity index (χ3n) is 7.45. The monoisotopic (exact) mass is 611 g/mol. The maximum Gasteiger partial charge on any atom is 0.267 e. The van der Waals surface area contributed by atoms with Crippen LogP contribution >= 0.6 is 22.9 Å². The van der Waals surface area contributed by atoms with Crippen molar-refractivity contribution in [3.63, 3.8) is 0 Å². The number of thiazole rings is 1. The maximum absolute atomic E-state index is 12.8. The molecule has 226 valence electrons. The molecule has 0 radical (unpaired) electrons. The van der Waals surface area contributed by atoms with Crippen molar-refractivity contribution in [3.8, 4) is 0 Å². The number of aryl methyl sites for hydroxylation is 2. The van der Waals surface area contributed by atoms with Crippen LogP contribution in [0.15, 0.2) is 30.5 Å². The van der Waals surface area contributed by atoms with Gasteiger partial charge in [-0.25, -0.2) is 15.0 Å². The molecule has 1 aromatic carbocycles. The lowest BCUT2D eigenvalue weighted by Gasteiger charge is -2.35. The summed E-state index contributed by atoms with van der Waals surface area (Å²) in [5, 5.41) is 7.14. The molecular weight excluding hydrogens is 570 g/mol. The van der Waals surface area contributed by atoms with Crippen molar-refractivity contribution in [2.45, 2.75) is 78.6 Å². The molecule has 1 saturated heterocycles. The highest BCUT2D eigenvalue weighted by molar-refractivity contribution is 7.17. The fourth-order valence-electron chi connectivity index (χ4n) is 5.04. The van der Waals surface area contributed by atoms with E-state index in [0.29, 0.717) is 51.9 Å². The standard InChI is InChI=1S/C31H42ClN7O2S/c1-4-5-6-7-8-9-10-11-15-28(40)39-18-16-38(17-19-39)27-20-26(34-23(3)35-27)36-31-33-21-25(42-31)30(41)37-29-22(2)13-12-14-24(29)32/h12-14,20-21H,4-11,15-19H2,1-3H3,(H,37,41)(H,33,34,35,36). The van der Waals surface area contributed by atoms with E-state index < -0.39 is 0 Å². The van der Waals surface area contributed by atoms with E-state index in [1.807, 2.05) is 36.9 Å². The first-order valence-electron chi connectivity index (χ1n) is 15.0. The molecule has 9 nitrogen and oxygen atoms in total. The second-order valence-electron chi connectivity index (χ2n) is 10.8. The van der Waals surface area contributed by atoms with Crippen LogP contribution in [-0.2, 0) is 4.79 Å². The largest absolute Gasteiger partial charge is 0.353 e. The molecule has 3 heterocycles. The van der Waals surface area contributed by atoms with Crippen LogP contribution in [0.25, 0.3) is 0 Å². The molecule has 2 N–H and O–H groups in total. The predicted molar refractivity (Wildman–Crippen MR) is 172 cm³/mol. The molecule has 0 unspecified atom stereocenters. The Bertz CT molecular complexity index is 1320. The van der Waals surface area contributed by atoms with Crippen molar-refractivity contribution in [1.82, 2.24) is 19.9 Å². The fraction of sp³-hybridized carbons (Fsp3) is 0.516. The van der Waals surface area contributed by atoms with Crippen molar-refractivity contribution >= 4 is 57.2 Å². The van der Waals surface area contributed by atoms with Gasteiger partial charge in [-0.15, -0.1) is 0 Å². The Balaban J connectivity index is 1.26. The van der Waals surface area contributed by atoms with Gasteiger partial charge in [0.2, 0.25) is 5.91 Å². The number of benzene rings is 1. The summed E-state index contributed by atoms with van der Waals surface area (Å²) >= 11 is 7.50. The molecule has 2 amide bonds. The number of halogens is 1. The van der Waals surface area contributed by atoms with Crippen molar-refractivity contribution < 1.29 is 9.59 Å². The molecule has 1 aliphatic rings. The van der Waals surface area contributed by atoms with Gasteiger partial charge in [-0.2, -0.15) is 0 Å². The van der Waals surface area contributed by atoms with Crippen molar-refractivity contribution in [2.75, 3.05) is 41.7 Å². The van der Waals surface area contributed by atoms with E-state index in [9.17, 15) is 9.59 Å². The molecule has 0 spiro atoms. The fourth-order valence-corrected chi connectivity index (χ4v) is 6.03. The summed E-state index contributed by atoms with van der Waals surface area (Å²) < 4.78 is 0. The van der Waals surface area contributed by atoms with Gasteiger partial charge in [0.1, 0.15) is 22.3 Å². The Kier molecular flexibility index (Phi) is 12.0. The Hall–Kier alpha value is -3.24. The van der Waals surface area contributed by atoms with E-state index in [2.05, 4.69) is 37.4 Å². The minimum Gasteiger partial charge on any atom is -0.353 e. The summed E-state index contributed by atoms with van der Waals surface area (Å²) in [7, 11) is 0. The number of amides is 2. The highest BCUT2D eigenvalue weighted by Crippen LogP contribution is 2.28. The van der Waals surface area contributed by atoms with Crippen LogP contribution < -0.4 is 15.5 Å². The van der Waals surface area contributed by atoms with Gasteiger partial charge in [0.15, 0.2) is 5.13 Å². The normalized spacial score (nSPS) is 13.3. The Morgan fingerprint density at radius 1 is 0.976 bits per heavy atom. The van der Waals surface area contributed by atoms with Crippen molar-refractivity contribution in [1.29, 1.82) is 0 Å². The molecule has 2 aromatic heterocycles. The van der Waals surface area contributed by atoms with Gasteiger partial charge in [0, 0.05) is 38.7 Å². The third-order valence-corrected chi connectivity index (χ3v) is 8.68. The summed E-state index contributed by atoms with van der Waals surface area (Å²) in [5.41, 5.74) is 1.48. The van der Waals surface area contributed by atoms with Gasteiger partial charge in [-0.1, -0.05) is 86.9 Å². The Morgan fingerprint density at radius 2 is 1.69 bits per heavy atom. The second kappa shape index (κ2) is 15.8. The molecule has 4 rings (SSSR count). The highest BCUT2D eigenvalue weighted by Gasteiger charge is 2.22. The lowest BCUT2D eigenvalue weighted by molar-refractivity contribution is -0.131. The SMILES string of the molecule is CCCCCCCCCCC(=O)N1CCN(c2cc(Nc3ncc(C(=O)Nc4c(C)cccc4Cl)s3)nc(C)n2)CC1. The number of carbonyl (C=O) groups is 2. The number of para-hydroxylation sites is 1. The van der Waals surface area contributed by atoms with Gasteiger partial charge in [0.25, 0.3) is 5.91 Å². The summed E-state index contributed by atoms with van der Waals surface area (Å²) in [6.07, 6.45) is 12.1. The van der Waals surface area contributed by atoms with Crippen molar-refractivity contribution in [3.05, 3.63) is 51.7 Å². The van der Waals surface area contributed by atoms with E-state index in [1.165, 1.54) is 56.1 Å². The third kappa shape index (κ3) is 9.13. The van der Waals surface area contributed by atoms with Gasteiger partial charge >= 0.3 is 0 Å². The summed E-state index contributed by atoms with van der Waals surface area (Å²) in [6, 6.07) is 7.37. The van der Waals surface area contributed by atoms with Crippen LogP contribution in [0.2, 0.25) is 5.02 Å². The number of hydrogen-bond donors (Lipinski definition) is 2. The van der Waals surface area contributed by atoms with E-state index >= 15 is 0 Å². The van der Waals surface area contributed by atoms with Crippen LogP contribution in [-0.4, -0.2) is 57.8 Å². The number of piperazine rings is 1. The zero-order valence-corrected chi connectivity index (χ0v) is 26.5. The lowest BCUT2D eigenvalue weighted by Crippen LogP contribution is -2.49. The molecule has 1 fully saturated rings. The Labute approximate surface area is 258 Å². The summed E-state index contributed by atoms with van der Waals surface area (Å²) in [6.45, 7) is 8.82. The number of carbonyl (C=O) groups excluding carboxylic acids is 2. The molecule has 0 aliphatic carbocycles. The van der Waals surface area contributed by atoms with E-state index in [-0.39, 0.29) is 11.8 Å². The van der Waals surface area contributed by atoms with Gasteiger partial charge in [-0.05, 0) is 31.9 Å². The van der Waals surface area contributed by atoms with Crippen LogP contribution in [0.4, 0.5) is 22.5 Å². The first kappa shape index (κ1) is 31.7. The number of nitrogens with one attached hydrogen (secondary N) is 2. The number of unbranched alkanes of at least 4 members (excludes halogenated alkanes) is 7. The van der Waals surface area contributed by atoms with Gasteiger partial charge in [0.05, 0.1) is 16.9 Å². The zero-order chi connectivity index (χ0) is 29.9. The second-order valence-corrected chi connectivity index (χ2v) is 12.2. The van der Waals surface area contributed by atoms with Crippen LogP contribution in [0.1, 0.15) is 85.8 Å². The molecule has 11 heteroatoms. The number of nitrogens with zero attached hydrogens (tertiary/aromatic N) is 5. The number of rotatable bonds is 14. The maximum atomic E-state index is 12.8. The van der Waals surface area contributed by atoms with Gasteiger partial charge in [-0.3, -0.25) is 9.59 Å². The van der Waals surface area contributed by atoms with Crippen LogP contribution in [0.3, 0.4) is 0 Å².